The lowest BCUT2D eigenvalue weighted by molar-refractivity contribution is -0.118. The number of carbonyl (C=O) groups excluding carboxylic acids is 1. The van der Waals surface area contributed by atoms with Crippen LogP contribution in [0.25, 0.3) is 55.4 Å². The van der Waals surface area contributed by atoms with Gasteiger partial charge >= 0.3 is 0 Å². The van der Waals surface area contributed by atoms with Crippen LogP contribution in [0.2, 0.25) is 0 Å². The van der Waals surface area contributed by atoms with Gasteiger partial charge in [0, 0.05) is 52.7 Å². The van der Waals surface area contributed by atoms with Gasteiger partial charge in [-0.15, -0.1) is 0 Å². The summed E-state index contributed by atoms with van der Waals surface area (Å²) >= 11 is 0. The Morgan fingerprint density at radius 3 is 2.56 bits per heavy atom. The number of nitrogens with zero attached hydrogens (tertiary/aromatic N) is 3. The van der Waals surface area contributed by atoms with Crippen molar-refractivity contribution >= 4 is 39.1 Å². The van der Waals surface area contributed by atoms with Gasteiger partial charge in [-0.1, -0.05) is 32.0 Å². The third-order valence-corrected chi connectivity index (χ3v) is 7.44. The van der Waals surface area contributed by atoms with Crippen molar-refractivity contribution in [3.8, 4) is 33.6 Å². The summed E-state index contributed by atoms with van der Waals surface area (Å²) in [6.07, 6.45) is 3.43. The van der Waals surface area contributed by atoms with Gasteiger partial charge in [-0.2, -0.15) is 5.10 Å². The van der Waals surface area contributed by atoms with Crippen molar-refractivity contribution in [2.75, 3.05) is 37.8 Å². The third-order valence-electron chi connectivity index (χ3n) is 7.44. The molecule has 0 atom stereocenters. The fourth-order valence-corrected chi connectivity index (χ4v) is 5.16. The summed E-state index contributed by atoms with van der Waals surface area (Å²) in [6, 6.07) is 21.1. The van der Waals surface area contributed by atoms with E-state index in [2.05, 4.69) is 47.8 Å². The molecule has 3 aromatic heterocycles. The summed E-state index contributed by atoms with van der Waals surface area (Å²) in [6.45, 7) is 5.27. The molecule has 0 aliphatic rings. The van der Waals surface area contributed by atoms with Crippen LogP contribution in [0, 0.1) is 11.7 Å². The average molecular weight is 576 g/mol. The first-order valence-electron chi connectivity index (χ1n) is 14.3. The molecule has 0 saturated carbocycles. The van der Waals surface area contributed by atoms with Gasteiger partial charge in [0.25, 0.3) is 0 Å². The summed E-state index contributed by atoms with van der Waals surface area (Å²) in [5, 5.41) is 16.0. The van der Waals surface area contributed by atoms with Crippen LogP contribution in [-0.4, -0.2) is 58.2 Å². The zero-order valence-electron chi connectivity index (χ0n) is 24.6. The number of benzene rings is 3. The zero-order valence-corrected chi connectivity index (χ0v) is 24.6. The number of aromatic nitrogens is 4. The lowest BCUT2D eigenvalue weighted by atomic mass is 10.0. The largest absolute Gasteiger partial charge is 0.384 e. The van der Waals surface area contributed by atoms with Gasteiger partial charge in [0.2, 0.25) is 5.91 Å². The Bertz CT molecular complexity index is 1940. The van der Waals surface area contributed by atoms with Crippen molar-refractivity contribution in [3.05, 3.63) is 84.9 Å². The Morgan fingerprint density at radius 1 is 0.907 bits per heavy atom. The molecule has 0 unspecified atom stereocenters. The van der Waals surface area contributed by atoms with Crippen LogP contribution in [0.15, 0.2) is 79.1 Å². The van der Waals surface area contributed by atoms with Crippen LogP contribution in [0.3, 0.4) is 0 Å². The Morgan fingerprint density at radius 2 is 1.74 bits per heavy atom. The molecule has 3 aromatic carbocycles. The zero-order chi connectivity index (χ0) is 30.1. The number of hydrogen-bond acceptors (Lipinski definition) is 5. The molecule has 0 saturated heterocycles. The summed E-state index contributed by atoms with van der Waals surface area (Å²) in [5.74, 6) is -0.469. The highest BCUT2D eigenvalue weighted by atomic mass is 19.1. The second kappa shape index (κ2) is 11.7. The SMILES string of the molecule is CC(C)C(=O)Nc1cncc(-c2ccc3[nH]nc(-c4cc5c(-c6cc(F)cc(NCCN(C)C)c6)cccc5[nH]4)c3c2)c1. The van der Waals surface area contributed by atoms with Crippen LogP contribution >= 0.6 is 0 Å². The minimum atomic E-state index is -0.286. The maximum absolute atomic E-state index is 14.7. The molecule has 8 nitrogen and oxygen atoms in total. The quantitative estimate of drug-likeness (QED) is 0.147. The van der Waals surface area contributed by atoms with E-state index in [4.69, 9.17) is 0 Å². The molecular formula is C34H34FN7O. The van der Waals surface area contributed by atoms with E-state index in [1.54, 1.807) is 18.5 Å². The number of anilines is 2. The first-order valence-corrected chi connectivity index (χ1v) is 14.3. The van der Waals surface area contributed by atoms with Gasteiger partial charge in [0.1, 0.15) is 11.5 Å². The number of H-pyrrole nitrogens is 2. The highest BCUT2D eigenvalue weighted by Gasteiger charge is 2.16. The Kier molecular flexibility index (Phi) is 7.65. The number of fused-ring (bicyclic) bond motifs is 2. The van der Waals surface area contributed by atoms with E-state index in [-0.39, 0.29) is 17.6 Å². The average Bonchev–Trinajstić information content (AvgIpc) is 3.60. The molecule has 43 heavy (non-hydrogen) atoms. The molecule has 0 aliphatic heterocycles. The van der Waals surface area contributed by atoms with E-state index in [1.807, 2.05) is 70.4 Å². The van der Waals surface area contributed by atoms with Crippen molar-refractivity contribution in [1.82, 2.24) is 25.1 Å². The molecule has 9 heteroatoms. The van der Waals surface area contributed by atoms with Gasteiger partial charge in [-0.05, 0) is 79.3 Å². The van der Waals surface area contributed by atoms with Gasteiger partial charge in [-0.25, -0.2) is 4.39 Å². The number of likely N-dealkylation sites (N-methyl/N-ethyl adjacent to an activating group) is 1. The van der Waals surface area contributed by atoms with Crippen molar-refractivity contribution in [2.24, 2.45) is 5.92 Å². The Labute approximate surface area is 249 Å². The van der Waals surface area contributed by atoms with E-state index in [1.165, 1.54) is 6.07 Å². The molecule has 4 N–H and O–H groups in total. The van der Waals surface area contributed by atoms with Crippen LogP contribution in [0.4, 0.5) is 15.8 Å². The number of rotatable bonds is 9. The van der Waals surface area contributed by atoms with E-state index >= 15 is 0 Å². The number of halogens is 1. The standard InChI is InChI=1S/C34H34FN7O/c1-20(2)34(43)38-26-14-23(18-36-19-26)21-8-9-31-29(15-21)33(41-40-31)32-17-28-27(6-5-7-30(28)39-32)22-12-24(35)16-25(13-22)37-10-11-42(3)4/h5-9,12-20,37,39H,10-11H2,1-4H3,(H,38,43)(H,40,41). The molecule has 218 valence electrons. The van der Waals surface area contributed by atoms with E-state index in [0.717, 1.165) is 74.2 Å². The fourth-order valence-electron chi connectivity index (χ4n) is 5.16. The smallest absolute Gasteiger partial charge is 0.226 e. The van der Waals surface area contributed by atoms with Crippen molar-refractivity contribution in [2.45, 2.75) is 13.8 Å². The number of amides is 1. The molecule has 1 amide bonds. The molecule has 0 radical (unpaired) electrons. The maximum atomic E-state index is 14.7. The first-order chi connectivity index (χ1) is 20.7. The summed E-state index contributed by atoms with van der Waals surface area (Å²) < 4.78 is 14.7. The van der Waals surface area contributed by atoms with E-state index in [9.17, 15) is 9.18 Å². The molecule has 6 aromatic rings. The molecular weight excluding hydrogens is 541 g/mol. The number of aromatic amines is 2. The highest BCUT2D eigenvalue weighted by molar-refractivity contribution is 6.02. The van der Waals surface area contributed by atoms with Gasteiger partial charge < -0.3 is 20.5 Å². The van der Waals surface area contributed by atoms with E-state index < -0.39 is 0 Å². The molecule has 0 fully saturated rings. The molecule has 3 heterocycles. The number of carbonyl (C=O) groups is 1. The summed E-state index contributed by atoms with van der Waals surface area (Å²) in [7, 11) is 4.02. The number of hydrogen-bond donors (Lipinski definition) is 4. The Hall–Kier alpha value is -5.02. The van der Waals surface area contributed by atoms with E-state index in [0.29, 0.717) is 5.69 Å². The monoisotopic (exact) mass is 575 g/mol. The second-order valence-corrected chi connectivity index (χ2v) is 11.3. The van der Waals surface area contributed by atoms with Crippen molar-refractivity contribution < 1.29 is 9.18 Å². The maximum Gasteiger partial charge on any atom is 0.226 e. The topological polar surface area (TPSA) is 102 Å². The highest BCUT2D eigenvalue weighted by Crippen LogP contribution is 2.36. The minimum Gasteiger partial charge on any atom is -0.384 e. The van der Waals surface area contributed by atoms with Crippen LogP contribution in [0.5, 0.6) is 0 Å². The summed E-state index contributed by atoms with van der Waals surface area (Å²) in [5.41, 5.74) is 8.43. The summed E-state index contributed by atoms with van der Waals surface area (Å²) in [4.78, 5) is 22.2. The van der Waals surface area contributed by atoms with Crippen LogP contribution in [0.1, 0.15) is 13.8 Å². The predicted octanol–water partition coefficient (Wildman–Crippen LogP) is 7.15. The van der Waals surface area contributed by atoms with Gasteiger partial charge in [0.15, 0.2) is 0 Å². The second-order valence-electron chi connectivity index (χ2n) is 11.3. The van der Waals surface area contributed by atoms with Crippen molar-refractivity contribution in [1.29, 1.82) is 0 Å². The fraction of sp³-hybridized carbons (Fsp3) is 0.206. The first kappa shape index (κ1) is 28.1. The van der Waals surface area contributed by atoms with Gasteiger partial charge in [-0.3, -0.25) is 14.9 Å². The van der Waals surface area contributed by atoms with Crippen LogP contribution in [-0.2, 0) is 4.79 Å². The lowest BCUT2D eigenvalue weighted by Gasteiger charge is -2.13. The van der Waals surface area contributed by atoms with Gasteiger partial charge in [0.05, 0.1) is 23.1 Å². The normalized spacial score (nSPS) is 11.6. The van der Waals surface area contributed by atoms with Crippen molar-refractivity contribution in [3.63, 3.8) is 0 Å². The third kappa shape index (κ3) is 5.98. The lowest BCUT2D eigenvalue weighted by Crippen LogP contribution is -2.20. The predicted molar refractivity (Wildman–Crippen MR) is 173 cm³/mol. The number of nitrogens with one attached hydrogen (secondary N) is 4. The molecule has 0 aliphatic carbocycles. The number of pyridine rings is 1. The molecule has 0 spiro atoms. The minimum absolute atomic E-state index is 0.0558. The molecule has 0 bridgehead atoms. The molecule has 6 rings (SSSR count). The Balaban J connectivity index is 1.36. The van der Waals surface area contributed by atoms with Crippen LogP contribution < -0.4 is 10.6 Å².